The maximum atomic E-state index is 10.7. The van der Waals surface area contributed by atoms with Crippen molar-refractivity contribution in [1.82, 2.24) is 9.97 Å². The van der Waals surface area contributed by atoms with Crippen LogP contribution in [0.15, 0.2) is 6.07 Å². The minimum Gasteiger partial charge on any atom is -0.370 e. The number of rotatable bonds is 5. The van der Waals surface area contributed by atoms with E-state index in [1.807, 2.05) is 6.07 Å². The summed E-state index contributed by atoms with van der Waals surface area (Å²) in [5.41, 5.74) is 5.09. The third-order valence-corrected chi connectivity index (χ3v) is 3.77. The van der Waals surface area contributed by atoms with Crippen LogP contribution in [0, 0.1) is 0 Å². The number of hydrogen-bond acceptors (Lipinski definition) is 5. The van der Waals surface area contributed by atoms with Crippen molar-refractivity contribution in [1.29, 1.82) is 0 Å². The van der Waals surface area contributed by atoms with Gasteiger partial charge in [-0.3, -0.25) is 4.79 Å². The highest BCUT2D eigenvalue weighted by atomic mass is 35.5. The topological polar surface area (TPSA) is 80.9 Å². The number of anilines is 1. The van der Waals surface area contributed by atoms with Crippen molar-refractivity contribution in [3.8, 4) is 0 Å². The second-order valence-electron chi connectivity index (χ2n) is 3.77. The Kier molecular flexibility index (Phi) is 3.98. The summed E-state index contributed by atoms with van der Waals surface area (Å²) in [4.78, 5) is 21.1. The number of nitrogens with one attached hydrogen (secondary N) is 1. The standard InChI is InChI=1S/C11H13ClN4OS/c1-2-6-5-7-9(14-4-3-8(13)17)15-11(12)16-10(7)18-6/h5H,2-4H2,1H3,(H2,13,17)(H,14,15,16). The predicted molar refractivity (Wildman–Crippen MR) is 74.1 cm³/mol. The number of hydrogen-bond donors (Lipinski definition) is 2. The zero-order chi connectivity index (χ0) is 13.1. The van der Waals surface area contributed by atoms with Crippen LogP contribution in [0.2, 0.25) is 5.28 Å². The molecular weight excluding hydrogens is 272 g/mol. The van der Waals surface area contributed by atoms with Gasteiger partial charge in [-0.1, -0.05) is 6.92 Å². The first kappa shape index (κ1) is 13.0. The number of nitrogens with two attached hydrogens (primary N) is 1. The highest BCUT2D eigenvalue weighted by Crippen LogP contribution is 2.30. The van der Waals surface area contributed by atoms with Crippen LogP contribution < -0.4 is 11.1 Å². The van der Waals surface area contributed by atoms with Gasteiger partial charge >= 0.3 is 0 Å². The van der Waals surface area contributed by atoms with Gasteiger partial charge in [0.1, 0.15) is 10.6 Å². The van der Waals surface area contributed by atoms with Crippen LogP contribution in [0.4, 0.5) is 5.82 Å². The lowest BCUT2D eigenvalue weighted by molar-refractivity contribution is -0.117. The maximum absolute atomic E-state index is 10.7. The molecule has 0 spiro atoms. The van der Waals surface area contributed by atoms with Gasteiger partial charge in [-0.2, -0.15) is 0 Å². The average molecular weight is 285 g/mol. The molecule has 1 amide bonds. The van der Waals surface area contributed by atoms with Crippen molar-refractivity contribution in [3.05, 3.63) is 16.2 Å². The number of halogens is 1. The van der Waals surface area contributed by atoms with E-state index in [-0.39, 0.29) is 17.6 Å². The lowest BCUT2D eigenvalue weighted by Gasteiger charge is -2.05. The van der Waals surface area contributed by atoms with Crippen LogP contribution in [-0.4, -0.2) is 22.4 Å². The Morgan fingerprint density at radius 3 is 3.00 bits per heavy atom. The fourth-order valence-electron chi connectivity index (χ4n) is 1.56. The van der Waals surface area contributed by atoms with Crippen LogP contribution in [0.3, 0.4) is 0 Å². The van der Waals surface area contributed by atoms with Gasteiger partial charge < -0.3 is 11.1 Å². The van der Waals surface area contributed by atoms with E-state index in [1.165, 1.54) is 4.88 Å². The Morgan fingerprint density at radius 1 is 1.56 bits per heavy atom. The summed E-state index contributed by atoms with van der Waals surface area (Å²) < 4.78 is 0. The van der Waals surface area contributed by atoms with Crippen LogP contribution in [0.5, 0.6) is 0 Å². The SMILES string of the molecule is CCc1cc2c(NCCC(N)=O)nc(Cl)nc2s1. The Bertz CT molecular complexity index is 584. The van der Waals surface area contributed by atoms with Gasteiger partial charge in [-0.15, -0.1) is 11.3 Å². The van der Waals surface area contributed by atoms with E-state index in [0.29, 0.717) is 12.4 Å². The number of carbonyl (C=O) groups excluding carboxylic acids is 1. The summed E-state index contributed by atoms with van der Waals surface area (Å²) in [6.45, 7) is 2.52. The molecule has 96 valence electrons. The van der Waals surface area contributed by atoms with Crippen molar-refractivity contribution in [3.63, 3.8) is 0 Å². The molecule has 0 aliphatic rings. The summed E-state index contributed by atoms with van der Waals surface area (Å²) in [5, 5.41) is 4.21. The van der Waals surface area contributed by atoms with Gasteiger partial charge in [0.25, 0.3) is 0 Å². The molecule has 5 nitrogen and oxygen atoms in total. The molecule has 2 aromatic rings. The number of primary amides is 1. The minimum absolute atomic E-state index is 0.202. The second kappa shape index (κ2) is 5.49. The van der Waals surface area contributed by atoms with Crippen LogP contribution in [0.25, 0.3) is 10.2 Å². The molecule has 18 heavy (non-hydrogen) atoms. The maximum Gasteiger partial charge on any atom is 0.225 e. The molecule has 2 aromatic heterocycles. The fraction of sp³-hybridized carbons (Fsp3) is 0.364. The van der Waals surface area contributed by atoms with E-state index < -0.39 is 0 Å². The first-order valence-electron chi connectivity index (χ1n) is 5.58. The predicted octanol–water partition coefficient (Wildman–Crippen LogP) is 2.19. The number of thiophene rings is 1. The molecule has 0 fully saturated rings. The normalized spacial score (nSPS) is 10.8. The van der Waals surface area contributed by atoms with Crippen molar-refractivity contribution in [2.45, 2.75) is 19.8 Å². The molecule has 0 bridgehead atoms. The molecule has 0 aromatic carbocycles. The number of fused-ring (bicyclic) bond motifs is 1. The highest BCUT2D eigenvalue weighted by Gasteiger charge is 2.10. The van der Waals surface area contributed by atoms with Gasteiger partial charge in [0.2, 0.25) is 11.2 Å². The summed E-state index contributed by atoms with van der Waals surface area (Å²) in [5.74, 6) is 0.306. The van der Waals surface area contributed by atoms with Crippen molar-refractivity contribution in [2.75, 3.05) is 11.9 Å². The molecule has 7 heteroatoms. The first-order chi connectivity index (χ1) is 8.60. The van der Waals surface area contributed by atoms with Gasteiger partial charge in [-0.25, -0.2) is 9.97 Å². The lowest BCUT2D eigenvalue weighted by Crippen LogP contribution is -2.16. The molecule has 3 N–H and O–H groups in total. The number of nitrogens with zero attached hydrogens (tertiary/aromatic N) is 2. The van der Waals surface area contributed by atoms with Gasteiger partial charge in [-0.05, 0) is 24.1 Å². The first-order valence-corrected chi connectivity index (χ1v) is 6.77. The van der Waals surface area contributed by atoms with E-state index in [4.69, 9.17) is 17.3 Å². The van der Waals surface area contributed by atoms with Crippen LogP contribution >= 0.6 is 22.9 Å². The van der Waals surface area contributed by atoms with E-state index in [1.54, 1.807) is 11.3 Å². The largest absolute Gasteiger partial charge is 0.370 e. The minimum atomic E-state index is -0.349. The highest BCUT2D eigenvalue weighted by molar-refractivity contribution is 7.18. The molecule has 0 atom stereocenters. The molecule has 2 heterocycles. The number of aryl methyl sites for hydroxylation is 1. The molecule has 2 rings (SSSR count). The quantitative estimate of drug-likeness (QED) is 0.825. The lowest BCUT2D eigenvalue weighted by atomic mass is 10.3. The van der Waals surface area contributed by atoms with E-state index in [2.05, 4.69) is 22.2 Å². The molecule has 0 saturated heterocycles. The van der Waals surface area contributed by atoms with Crippen molar-refractivity contribution >= 4 is 44.9 Å². The molecule has 0 unspecified atom stereocenters. The van der Waals surface area contributed by atoms with Gasteiger partial charge in [0.05, 0.1) is 5.39 Å². The molecular formula is C11H13ClN4OS. The Labute approximate surface area is 113 Å². The van der Waals surface area contributed by atoms with E-state index >= 15 is 0 Å². The average Bonchev–Trinajstić information content (AvgIpc) is 2.71. The Hall–Kier alpha value is -1.40. The Balaban J connectivity index is 2.29. The summed E-state index contributed by atoms with van der Waals surface area (Å²) in [7, 11) is 0. The monoisotopic (exact) mass is 284 g/mol. The Morgan fingerprint density at radius 2 is 2.33 bits per heavy atom. The zero-order valence-electron chi connectivity index (χ0n) is 9.86. The van der Waals surface area contributed by atoms with Gasteiger partial charge in [0, 0.05) is 17.8 Å². The van der Waals surface area contributed by atoms with E-state index in [0.717, 1.165) is 16.6 Å². The second-order valence-corrected chi connectivity index (χ2v) is 5.22. The van der Waals surface area contributed by atoms with Crippen molar-refractivity contribution in [2.24, 2.45) is 5.73 Å². The fourth-order valence-corrected chi connectivity index (χ4v) is 2.74. The molecule has 0 saturated carbocycles. The number of carbonyl (C=O) groups is 1. The molecule has 0 aliphatic heterocycles. The summed E-state index contributed by atoms with van der Waals surface area (Å²) in [6.07, 6.45) is 1.20. The van der Waals surface area contributed by atoms with Crippen LogP contribution in [0.1, 0.15) is 18.2 Å². The van der Waals surface area contributed by atoms with E-state index in [9.17, 15) is 4.79 Å². The van der Waals surface area contributed by atoms with Crippen molar-refractivity contribution < 1.29 is 4.79 Å². The van der Waals surface area contributed by atoms with Crippen LogP contribution in [-0.2, 0) is 11.2 Å². The third kappa shape index (κ3) is 2.88. The zero-order valence-corrected chi connectivity index (χ0v) is 11.4. The number of amides is 1. The summed E-state index contributed by atoms with van der Waals surface area (Å²) in [6, 6.07) is 2.04. The number of aromatic nitrogens is 2. The third-order valence-electron chi connectivity index (χ3n) is 2.43. The molecule has 0 aliphatic carbocycles. The summed E-state index contributed by atoms with van der Waals surface area (Å²) >= 11 is 7.47. The molecule has 0 radical (unpaired) electrons. The smallest absolute Gasteiger partial charge is 0.225 e. The van der Waals surface area contributed by atoms with Gasteiger partial charge in [0.15, 0.2) is 0 Å².